The van der Waals surface area contributed by atoms with E-state index in [0.29, 0.717) is 32.7 Å². The van der Waals surface area contributed by atoms with Crippen molar-refractivity contribution in [2.45, 2.75) is 105 Å². The molecule has 1 aromatic rings. The first-order chi connectivity index (χ1) is 17.4. The smallest absolute Gasteiger partial charge is 0.302 e. The Morgan fingerprint density at radius 3 is 2.42 bits per heavy atom. The zero-order chi connectivity index (χ0) is 27.2. The fraction of sp³-hybridized carbons (Fsp3) is 0.600. The van der Waals surface area contributed by atoms with E-state index in [4.69, 9.17) is 18.9 Å². The molecule has 2 heterocycles. The molecule has 6 nitrogen and oxygen atoms in total. The second-order valence-corrected chi connectivity index (χ2v) is 8.33. The third-order valence-electron chi connectivity index (χ3n) is 4.99. The van der Waals surface area contributed by atoms with Gasteiger partial charge >= 0.3 is 5.97 Å². The van der Waals surface area contributed by atoms with Crippen LogP contribution in [0.2, 0.25) is 0 Å². The maximum absolute atomic E-state index is 12.0. The molecular weight excluding hydrogens is 456 g/mol. The molecule has 0 bridgehead atoms. The van der Waals surface area contributed by atoms with E-state index in [1.807, 2.05) is 51.1 Å². The van der Waals surface area contributed by atoms with E-state index < -0.39 is 6.10 Å². The van der Waals surface area contributed by atoms with Crippen LogP contribution >= 0.6 is 0 Å². The predicted octanol–water partition coefficient (Wildman–Crippen LogP) is 6.62. The van der Waals surface area contributed by atoms with E-state index in [1.54, 1.807) is 18.2 Å². The van der Waals surface area contributed by atoms with Gasteiger partial charge in [0.25, 0.3) is 0 Å². The minimum absolute atomic E-state index is 0.00471. The van der Waals surface area contributed by atoms with Crippen molar-refractivity contribution in [1.29, 1.82) is 0 Å². The summed E-state index contributed by atoms with van der Waals surface area (Å²) in [4.78, 5) is 22.9. The third-order valence-corrected chi connectivity index (χ3v) is 4.99. The average Bonchev–Trinajstić information content (AvgIpc) is 3.26. The molecule has 0 aliphatic carbocycles. The summed E-state index contributed by atoms with van der Waals surface area (Å²) in [7, 11) is 0. The Labute approximate surface area is 219 Å². The van der Waals surface area contributed by atoms with Gasteiger partial charge in [-0.15, -0.1) is 6.58 Å². The van der Waals surface area contributed by atoms with E-state index >= 15 is 0 Å². The molecule has 6 heteroatoms. The van der Waals surface area contributed by atoms with Gasteiger partial charge < -0.3 is 18.9 Å². The molecule has 2 aliphatic rings. The summed E-state index contributed by atoms with van der Waals surface area (Å²) < 4.78 is 22.9. The molecule has 1 saturated heterocycles. The summed E-state index contributed by atoms with van der Waals surface area (Å²) >= 11 is 0. The summed E-state index contributed by atoms with van der Waals surface area (Å²) in [6, 6.07) is 10.0. The highest BCUT2D eigenvalue weighted by Gasteiger charge is 2.38. The number of benzene rings is 1. The van der Waals surface area contributed by atoms with Crippen molar-refractivity contribution < 1.29 is 28.5 Å². The number of allylic oxidation sites excluding steroid dienone is 1. The van der Waals surface area contributed by atoms with Crippen LogP contribution in [-0.4, -0.2) is 49.4 Å². The zero-order valence-corrected chi connectivity index (χ0v) is 23.2. The predicted molar refractivity (Wildman–Crippen MR) is 146 cm³/mol. The van der Waals surface area contributed by atoms with Crippen LogP contribution < -0.4 is 0 Å². The van der Waals surface area contributed by atoms with Gasteiger partial charge in [0.05, 0.1) is 38.1 Å². The van der Waals surface area contributed by atoms with E-state index in [0.717, 1.165) is 18.4 Å². The molecule has 0 unspecified atom stereocenters. The Balaban J connectivity index is 0.00000137. The van der Waals surface area contributed by atoms with Gasteiger partial charge in [-0.05, 0) is 31.4 Å². The van der Waals surface area contributed by atoms with Gasteiger partial charge in [0.1, 0.15) is 6.10 Å². The molecular formula is C30H48O6. The fourth-order valence-electron chi connectivity index (χ4n) is 3.61. The Morgan fingerprint density at radius 1 is 1.19 bits per heavy atom. The number of carbonyl (C=O) groups is 2. The second-order valence-electron chi connectivity index (χ2n) is 8.33. The van der Waals surface area contributed by atoms with Crippen molar-refractivity contribution in [3.63, 3.8) is 0 Å². The SMILES string of the molecule is C=CC.CC.CC(=O)OCCC[C@H]1O[C@@H](C[C@H]2OCC=CC2=O)C[C@H]1OCc1ccccc1.CCC. The summed E-state index contributed by atoms with van der Waals surface area (Å²) in [5.74, 6) is -0.280. The number of hydrogen-bond donors (Lipinski definition) is 0. The first kappa shape index (κ1) is 33.7. The van der Waals surface area contributed by atoms with Crippen molar-refractivity contribution >= 4 is 11.8 Å². The summed E-state index contributed by atoms with van der Waals surface area (Å²) in [5, 5.41) is 0. The lowest BCUT2D eigenvalue weighted by Crippen LogP contribution is -2.30. The van der Waals surface area contributed by atoms with Crippen molar-refractivity contribution in [3.8, 4) is 0 Å². The minimum Gasteiger partial charge on any atom is -0.466 e. The van der Waals surface area contributed by atoms with Crippen LogP contribution in [0.4, 0.5) is 0 Å². The highest BCUT2D eigenvalue weighted by Crippen LogP contribution is 2.30. The molecule has 0 amide bonds. The summed E-state index contributed by atoms with van der Waals surface area (Å²) in [6.45, 7) is 16.3. The molecule has 1 fully saturated rings. The van der Waals surface area contributed by atoms with Gasteiger partial charge in [-0.2, -0.15) is 0 Å². The molecule has 0 N–H and O–H groups in total. The minimum atomic E-state index is -0.440. The lowest BCUT2D eigenvalue weighted by atomic mass is 10.0. The maximum atomic E-state index is 12.0. The van der Waals surface area contributed by atoms with E-state index in [9.17, 15) is 9.59 Å². The van der Waals surface area contributed by atoms with Crippen LogP contribution in [0, 0.1) is 0 Å². The Kier molecular flexibility index (Phi) is 20.6. The Hall–Kier alpha value is -2.28. The molecule has 0 radical (unpaired) electrons. The monoisotopic (exact) mass is 504 g/mol. The number of ketones is 1. The standard InChI is InChI=1S/C22H28O6.C3H8.C3H6.C2H6/c1-16(23)25-11-6-10-20-22(27-15-17-7-3-2-4-8-17)14-18(28-20)13-21-19(24)9-5-12-26-21;2*1-3-2;1-2/h2-5,7-9,18,20-22H,6,10-15H2,1H3;3H2,1-2H3;3H,1H2,2H3;1-2H3/t18-,20+,21+,22+;;;/m0.../s1. The number of esters is 1. The molecule has 0 spiro atoms. The molecule has 204 valence electrons. The molecule has 2 aliphatic heterocycles. The van der Waals surface area contributed by atoms with E-state index in [2.05, 4.69) is 20.4 Å². The number of ether oxygens (including phenoxy) is 4. The molecule has 1 aromatic carbocycles. The number of hydrogen-bond acceptors (Lipinski definition) is 6. The number of carbonyl (C=O) groups excluding carboxylic acids is 2. The van der Waals surface area contributed by atoms with Crippen LogP contribution in [0.15, 0.2) is 55.1 Å². The molecule has 3 rings (SSSR count). The first-order valence-electron chi connectivity index (χ1n) is 13.3. The van der Waals surface area contributed by atoms with Crippen LogP contribution in [0.5, 0.6) is 0 Å². The fourth-order valence-corrected chi connectivity index (χ4v) is 3.61. The van der Waals surface area contributed by atoms with E-state index in [-0.39, 0.29) is 30.1 Å². The van der Waals surface area contributed by atoms with Crippen molar-refractivity contribution in [1.82, 2.24) is 0 Å². The van der Waals surface area contributed by atoms with Crippen molar-refractivity contribution in [2.24, 2.45) is 0 Å². The average molecular weight is 505 g/mol. The molecule has 36 heavy (non-hydrogen) atoms. The van der Waals surface area contributed by atoms with Crippen LogP contribution in [-0.2, 0) is 35.1 Å². The lowest BCUT2D eigenvalue weighted by molar-refractivity contribution is -0.141. The van der Waals surface area contributed by atoms with Crippen LogP contribution in [0.3, 0.4) is 0 Å². The summed E-state index contributed by atoms with van der Waals surface area (Å²) in [6.07, 6.45) is 8.37. The normalized spacial score (nSPS) is 22.1. The molecule has 0 saturated carbocycles. The molecule has 0 aromatic heterocycles. The Bertz CT molecular complexity index is 730. The highest BCUT2D eigenvalue weighted by molar-refractivity contribution is 5.94. The Morgan fingerprint density at radius 2 is 1.83 bits per heavy atom. The van der Waals surface area contributed by atoms with E-state index in [1.165, 1.54) is 13.3 Å². The highest BCUT2D eigenvalue weighted by atomic mass is 16.6. The molecule has 4 atom stereocenters. The summed E-state index contributed by atoms with van der Waals surface area (Å²) in [5.41, 5.74) is 1.11. The third kappa shape index (κ3) is 15.0. The van der Waals surface area contributed by atoms with Crippen LogP contribution in [0.1, 0.15) is 79.2 Å². The maximum Gasteiger partial charge on any atom is 0.302 e. The second kappa shape index (κ2) is 22.0. The number of rotatable bonds is 9. The van der Waals surface area contributed by atoms with Gasteiger partial charge in [-0.1, -0.05) is 76.6 Å². The van der Waals surface area contributed by atoms with Gasteiger partial charge in [-0.3, -0.25) is 9.59 Å². The van der Waals surface area contributed by atoms with Crippen LogP contribution in [0.25, 0.3) is 0 Å². The van der Waals surface area contributed by atoms with Crippen molar-refractivity contribution in [2.75, 3.05) is 13.2 Å². The largest absolute Gasteiger partial charge is 0.466 e. The quantitative estimate of drug-likeness (QED) is 0.214. The van der Waals surface area contributed by atoms with Gasteiger partial charge in [0, 0.05) is 19.8 Å². The van der Waals surface area contributed by atoms with Gasteiger partial charge in [-0.25, -0.2) is 0 Å². The van der Waals surface area contributed by atoms with Gasteiger partial charge in [0.2, 0.25) is 0 Å². The lowest BCUT2D eigenvalue weighted by Gasteiger charge is -2.21. The zero-order valence-electron chi connectivity index (χ0n) is 23.2. The van der Waals surface area contributed by atoms with Gasteiger partial charge in [0.15, 0.2) is 5.78 Å². The topological polar surface area (TPSA) is 71.1 Å². The van der Waals surface area contributed by atoms with Crippen molar-refractivity contribution in [3.05, 3.63) is 60.7 Å². The first-order valence-corrected chi connectivity index (χ1v) is 13.3.